The Labute approximate surface area is 211 Å². The zero-order chi connectivity index (χ0) is 25.7. The van der Waals surface area contributed by atoms with E-state index in [1.165, 1.54) is 6.92 Å². The van der Waals surface area contributed by atoms with E-state index in [2.05, 4.69) is 10.2 Å². The largest absolute Gasteiger partial charge is 0.497 e. The number of amides is 2. The van der Waals surface area contributed by atoms with E-state index in [0.717, 1.165) is 17.7 Å². The smallest absolute Gasteiger partial charge is 0.241 e. The summed E-state index contributed by atoms with van der Waals surface area (Å²) in [5, 5.41) is 3.63. The maximum Gasteiger partial charge on any atom is 0.241 e. The molecule has 3 aromatic rings. The number of Topliss-reactive ketones (excluding diaryl/α,β-unsaturated/α-hetero) is 1. The number of carbonyl (C=O) groups is 3. The van der Waals surface area contributed by atoms with Crippen molar-refractivity contribution < 1.29 is 23.5 Å². The van der Waals surface area contributed by atoms with Gasteiger partial charge >= 0.3 is 0 Å². The molecule has 8 heteroatoms. The Balaban J connectivity index is 1.34. The van der Waals surface area contributed by atoms with Gasteiger partial charge in [0.25, 0.3) is 0 Å². The third kappa shape index (κ3) is 5.76. The lowest BCUT2D eigenvalue weighted by Gasteiger charge is -2.27. The number of hydrogen-bond donors (Lipinski definition) is 1. The van der Waals surface area contributed by atoms with Crippen molar-refractivity contribution in [3.05, 3.63) is 59.9 Å². The summed E-state index contributed by atoms with van der Waals surface area (Å²) in [4.78, 5) is 42.1. The number of aryl methyl sites for hydroxylation is 1. The Hall–Kier alpha value is -3.65. The third-order valence-corrected chi connectivity index (χ3v) is 6.76. The second-order valence-corrected chi connectivity index (χ2v) is 9.14. The molecule has 0 aliphatic carbocycles. The summed E-state index contributed by atoms with van der Waals surface area (Å²) in [6.45, 7) is 5.84. The number of nitrogens with zero attached hydrogens (tertiary/aromatic N) is 2. The molecule has 0 saturated carbocycles. The number of para-hydroxylation sites is 1. The highest BCUT2D eigenvalue weighted by atomic mass is 16.5. The topological polar surface area (TPSA) is 92.1 Å². The minimum absolute atomic E-state index is 0.126. The molecular weight excluding hydrogens is 458 g/mol. The molecule has 4 rings (SSSR count). The van der Waals surface area contributed by atoms with Gasteiger partial charge in [0.2, 0.25) is 11.8 Å². The molecule has 1 aliphatic rings. The van der Waals surface area contributed by atoms with Crippen LogP contribution in [0.25, 0.3) is 11.0 Å². The van der Waals surface area contributed by atoms with Crippen LogP contribution < -0.4 is 10.1 Å². The minimum atomic E-state index is -0.423. The first kappa shape index (κ1) is 25.4. The van der Waals surface area contributed by atoms with Gasteiger partial charge in [-0.25, -0.2) is 0 Å². The standard InChI is InChI=1S/C28H33N3O5/c1-19(28(34)29-26-23-7-4-5-8-24(23)36-27(26)20(2)32)30-15-6-16-31(18-17-30)25(33)14-11-21-9-12-22(35-3)13-10-21/h4-5,7-10,12-13,19H,6,11,14-18H2,1-3H3,(H,29,34). The Kier molecular flexibility index (Phi) is 8.05. The Morgan fingerprint density at radius 2 is 1.78 bits per heavy atom. The van der Waals surface area contributed by atoms with Crippen LogP contribution in [0.1, 0.15) is 42.8 Å². The molecule has 1 fully saturated rings. The molecule has 1 unspecified atom stereocenters. The summed E-state index contributed by atoms with van der Waals surface area (Å²) in [6, 6.07) is 14.6. The van der Waals surface area contributed by atoms with Crippen molar-refractivity contribution in [2.45, 2.75) is 39.2 Å². The SMILES string of the molecule is COc1ccc(CCC(=O)N2CCCN(C(C)C(=O)Nc3c(C(C)=O)oc4ccccc34)CC2)cc1. The van der Waals surface area contributed by atoms with Crippen molar-refractivity contribution in [2.75, 3.05) is 38.6 Å². The molecule has 0 bridgehead atoms. The predicted molar refractivity (Wildman–Crippen MR) is 138 cm³/mol. The fourth-order valence-corrected chi connectivity index (χ4v) is 4.59. The van der Waals surface area contributed by atoms with Crippen LogP contribution >= 0.6 is 0 Å². The van der Waals surface area contributed by atoms with Crippen LogP contribution in [0.5, 0.6) is 5.75 Å². The number of methoxy groups -OCH3 is 1. The molecule has 1 atom stereocenters. The minimum Gasteiger partial charge on any atom is -0.497 e. The van der Waals surface area contributed by atoms with E-state index in [1.807, 2.05) is 54.3 Å². The van der Waals surface area contributed by atoms with Crippen LogP contribution in [-0.2, 0) is 16.0 Å². The molecule has 2 heterocycles. The average molecular weight is 492 g/mol. The number of ketones is 1. The first-order valence-electron chi connectivity index (χ1n) is 12.4. The number of hydrogen-bond acceptors (Lipinski definition) is 6. The second-order valence-electron chi connectivity index (χ2n) is 9.14. The van der Waals surface area contributed by atoms with Gasteiger partial charge in [-0.15, -0.1) is 0 Å². The lowest BCUT2D eigenvalue weighted by molar-refractivity contribution is -0.131. The monoisotopic (exact) mass is 491 g/mol. The zero-order valence-corrected chi connectivity index (χ0v) is 21.1. The van der Waals surface area contributed by atoms with Gasteiger partial charge in [0, 0.05) is 44.9 Å². The van der Waals surface area contributed by atoms with Crippen molar-refractivity contribution in [2.24, 2.45) is 0 Å². The molecule has 0 spiro atoms. The molecule has 1 aliphatic heterocycles. The number of benzene rings is 2. The van der Waals surface area contributed by atoms with Crippen LogP contribution in [0.3, 0.4) is 0 Å². The van der Waals surface area contributed by atoms with E-state index in [-0.39, 0.29) is 23.4 Å². The fraction of sp³-hybridized carbons (Fsp3) is 0.393. The van der Waals surface area contributed by atoms with Crippen LogP contribution in [0.15, 0.2) is 52.9 Å². The number of rotatable bonds is 8. The summed E-state index contributed by atoms with van der Waals surface area (Å²) in [7, 11) is 1.63. The number of carbonyl (C=O) groups excluding carboxylic acids is 3. The summed E-state index contributed by atoms with van der Waals surface area (Å²) < 4.78 is 10.9. The van der Waals surface area contributed by atoms with Gasteiger partial charge in [-0.3, -0.25) is 19.3 Å². The molecule has 190 valence electrons. The highest BCUT2D eigenvalue weighted by molar-refractivity contribution is 6.11. The van der Waals surface area contributed by atoms with Gasteiger partial charge < -0.3 is 19.4 Å². The lowest BCUT2D eigenvalue weighted by atomic mass is 10.1. The first-order valence-corrected chi connectivity index (χ1v) is 12.4. The molecule has 36 heavy (non-hydrogen) atoms. The molecule has 2 aromatic carbocycles. The summed E-state index contributed by atoms with van der Waals surface area (Å²) in [5.74, 6) is 0.632. The molecule has 0 radical (unpaired) electrons. The number of nitrogens with one attached hydrogen (secondary N) is 1. The normalized spacial score (nSPS) is 15.4. The van der Waals surface area contributed by atoms with Crippen molar-refractivity contribution in [1.82, 2.24) is 9.80 Å². The Morgan fingerprint density at radius 3 is 2.50 bits per heavy atom. The van der Waals surface area contributed by atoms with Gasteiger partial charge in [-0.1, -0.05) is 24.3 Å². The van der Waals surface area contributed by atoms with E-state index in [9.17, 15) is 14.4 Å². The molecule has 8 nitrogen and oxygen atoms in total. The average Bonchev–Trinajstić information content (AvgIpc) is 3.08. The van der Waals surface area contributed by atoms with E-state index in [0.29, 0.717) is 55.7 Å². The van der Waals surface area contributed by atoms with Crippen LogP contribution in [-0.4, -0.2) is 66.7 Å². The second kappa shape index (κ2) is 11.4. The van der Waals surface area contributed by atoms with E-state index in [1.54, 1.807) is 13.2 Å². The maximum absolute atomic E-state index is 13.2. The summed E-state index contributed by atoms with van der Waals surface area (Å²) in [5.41, 5.74) is 2.08. The van der Waals surface area contributed by atoms with Gasteiger partial charge in [-0.2, -0.15) is 0 Å². The van der Waals surface area contributed by atoms with Gasteiger partial charge in [-0.05, 0) is 49.6 Å². The van der Waals surface area contributed by atoms with Crippen LogP contribution in [0, 0.1) is 0 Å². The molecule has 1 aromatic heterocycles. The predicted octanol–water partition coefficient (Wildman–Crippen LogP) is 4.14. The zero-order valence-electron chi connectivity index (χ0n) is 21.1. The Bertz CT molecular complexity index is 1230. The number of fused-ring (bicyclic) bond motifs is 1. The fourth-order valence-electron chi connectivity index (χ4n) is 4.59. The van der Waals surface area contributed by atoms with Gasteiger partial charge in [0.1, 0.15) is 11.3 Å². The van der Waals surface area contributed by atoms with E-state index in [4.69, 9.17) is 9.15 Å². The lowest BCUT2D eigenvalue weighted by Crippen LogP contribution is -2.44. The van der Waals surface area contributed by atoms with Crippen LogP contribution in [0.4, 0.5) is 5.69 Å². The van der Waals surface area contributed by atoms with Crippen LogP contribution in [0.2, 0.25) is 0 Å². The number of ether oxygens (including phenoxy) is 1. The first-order chi connectivity index (χ1) is 17.4. The molecule has 2 amide bonds. The number of anilines is 1. The Morgan fingerprint density at radius 1 is 1.03 bits per heavy atom. The highest BCUT2D eigenvalue weighted by Crippen LogP contribution is 2.31. The van der Waals surface area contributed by atoms with Crippen molar-refractivity contribution in [1.29, 1.82) is 0 Å². The van der Waals surface area contributed by atoms with Gasteiger partial charge in [0.05, 0.1) is 18.8 Å². The van der Waals surface area contributed by atoms with Crippen molar-refractivity contribution >= 4 is 34.3 Å². The quantitative estimate of drug-likeness (QED) is 0.476. The third-order valence-electron chi connectivity index (χ3n) is 6.76. The highest BCUT2D eigenvalue weighted by Gasteiger charge is 2.28. The summed E-state index contributed by atoms with van der Waals surface area (Å²) in [6.07, 6.45) is 1.92. The maximum atomic E-state index is 13.2. The van der Waals surface area contributed by atoms with Crippen molar-refractivity contribution in [3.63, 3.8) is 0 Å². The number of furan rings is 1. The molecular formula is C28H33N3O5. The van der Waals surface area contributed by atoms with Crippen molar-refractivity contribution in [3.8, 4) is 5.75 Å². The molecule has 1 saturated heterocycles. The summed E-state index contributed by atoms with van der Waals surface area (Å²) >= 11 is 0. The van der Waals surface area contributed by atoms with E-state index < -0.39 is 6.04 Å². The molecule has 1 N–H and O–H groups in total. The van der Waals surface area contributed by atoms with Gasteiger partial charge in [0.15, 0.2) is 11.5 Å². The van der Waals surface area contributed by atoms with E-state index >= 15 is 0 Å².